The van der Waals surface area contributed by atoms with Crippen LogP contribution in [0, 0.1) is 5.41 Å². The number of hydrogen-bond acceptors (Lipinski definition) is 3. The molecule has 3 N–H and O–H groups in total. The van der Waals surface area contributed by atoms with Crippen LogP contribution in [0.4, 0.5) is 0 Å². The first-order valence-corrected chi connectivity index (χ1v) is 6.39. The summed E-state index contributed by atoms with van der Waals surface area (Å²) in [7, 11) is 0. The van der Waals surface area contributed by atoms with Crippen LogP contribution in [-0.2, 0) is 0 Å². The molecule has 1 fully saturated rings. The molecule has 1 aliphatic carbocycles. The summed E-state index contributed by atoms with van der Waals surface area (Å²) in [5.74, 6) is 6.69. The zero-order valence-corrected chi connectivity index (χ0v) is 10.7. The van der Waals surface area contributed by atoms with Crippen molar-refractivity contribution in [1.29, 1.82) is 0 Å². The van der Waals surface area contributed by atoms with E-state index in [1.165, 1.54) is 18.4 Å². The molecule has 2 rings (SSSR count). The second-order valence-electron chi connectivity index (χ2n) is 5.14. The summed E-state index contributed by atoms with van der Waals surface area (Å²) in [6, 6.07) is 8.39. The van der Waals surface area contributed by atoms with Gasteiger partial charge in [-0.3, -0.25) is 11.3 Å². The van der Waals surface area contributed by atoms with E-state index in [9.17, 15) is 0 Å². The molecule has 0 heterocycles. The fourth-order valence-electron chi connectivity index (χ4n) is 2.21. The van der Waals surface area contributed by atoms with Gasteiger partial charge < -0.3 is 4.74 Å². The van der Waals surface area contributed by atoms with E-state index >= 15 is 0 Å². The molecule has 0 saturated heterocycles. The molecule has 0 radical (unpaired) electrons. The summed E-state index contributed by atoms with van der Waals surface area (Å²) in [5.41, 5.74) is 4.43. The minimum atomic E-state index is 0.190. The van der Waals surface area contributed by atoms with Gasteiger partial charge in [0, 0.05) is 5.56 Å². The molecule has 0 aliphatic heterocycles. The molecule has 3 nitrogen and oxygen atoms in total. The van der Waals surface area contributed by atoms with E-state index in [-0.39, 0.29) is 6.04 Å². The van der Waals surface area contributed by atoms with Gasteiger partial charge in [0.25, 0.3) is 0 Å². The predicted octanol–water partition coefficient (Wildman–Crippen LogP) is 2.78. The van der Waals surface area contributed by atoms with Gasteiger partial charge in [-0.1, -0.05) is 32.0 Å². The second-order valence-corrected chi connectivity index (χ2v) is 5.14. The first kappa shape index (κ1) is 12.4. The Morgan fingerprint density at radius 3 is 2.71 bits per heavy atom. The Hall–Kier alpha value is -1.06. The molecule has 1 aromatic carbocycles. The van der Waals surface area contributed by atoms with Crippen molar-refractivity contribution < 1.29 is 4.74 Å². The number of para-hydroxylation sites is 1. The van der Waals surface area contributed by atoms with Crippen LogP contribution in [0.5, 0.6) is 5.75 Å². The minimum Gasteiger partial charge on any atom is -0.493 e. The maximum absolute atomic E-state index is 5.80. The monoisotopic (exact) mass is 234 g/mol. The molecule has 1 atom stereocenters. The summed E-state index contributed by atoms with van der Waals surface area (Å²) >= 11 is 0. The van der Waals surface area contributed by atoms with Crippen molar-refractivity contribution in [3.05, 3.63) is 29.8 Å². The highest BCUT2D eigenvalue weighted by molar-refractivity contribution is 5.38. The molecule has 0 amide bonds. The molecule has 3 heteroatoms. The van der Waals surface area contributed by atoms with Gasteiger partial charge in [-0.25, -0.2) is 0 Å². The van der Waals surface area contributed by atoms with Crippen molar-refractivity contribution >= 4 is 0 Å². The van der Waals surface area contributed by atoms with Crippen molar-refractivity contribution in [3.63, 3.8) is 0 Å². The van der Waals surface area contributed by atoms with E-state index in [1.54, 1.807) is 0 Å². The normalized spacial score (nSPS) is 18.8. The van der Waals surface area contributed by atoms with Crippen molar-refractivity contribution in [2.75, 3.05) is 6.61 Å². The van der Waals surface area contributed by atoms with Crippen LogP contribution >= 0.6 is 0 Å². The van der Waals surface area contributed by atoms with Crippen LogP contribution in [0.1, 0.15) is 44.7 Å². The summed E-state index contributed by atoms with van der Waals surface area (Å²) in [4.78, 5) is 0. The molecule has 1 aromatic rings. The molecule has 94 valence electrons. The Kier molecular flexibility index (Phi) is 3.69. The fraction of sp³-hybridized carbons (Fsp3) is 0.571. The van der Waals surface area contributed by atoms with Gasteiger partial charge in [-0.15, -0.1) is 0 Å². The topological polar surface area (TPSA) is 47.3 Å². The number of ether oxygens (including phenoxy) is 1. The van der Waals surface area contributed by atoms with Gasteiger partial charge in [0.05, 0.1) is 12.6 Å². The van der Waals surface area contributed by atoms with Gasteiger partial charge >= 0.3 is 0 Å². The molecule has 17 heavy (non-hydrogen) atoms. The second kappa shape index (κ2) is 5.07. The van der Waals surface area contributed by atoms with Gasteiger partial charge in [0.1, 0.15) is 5.75 Å². The minimum absolute atomic E-state index is 0.190. The van der Waals surface area contributed by atoms with Crippen molar-refractivity contribution in [2.24, 2.45) is 11.3 Å². The quantitative estimate of drug-likeness (QED) is 0.587. The smallest absolute Gasteiger partial charge is 0.124 e. The summed E-state index contributed by atoms with van der Waals surface area (Å²) in [6.07, 6.45) is 3.47. The van der Waals surface area contributed by atoms with E-state index in [1.807, 2.05) is 18.2 Å². The predicted molar refractivity (Wildman–Crippen MR) is 69.6 cm³/mol. The standard InChI is InChI=1S/C14H22N2O/c1-3-10-17-12-7-5-4-6-11(12)13(16-15)14(2)8-9-14/h4-7,13,16H,3,8-10,15H2,1-2H3. The molecular formula is C14H22N2O. The maximum Gasteiger partial charge on any atom is 0.124 e. The molecule has 1 saturated carbocycles. The van der Waals surface area contributed by atoms with Crippen molar-refractivity contribution in [1.82, 2.24) is 5.43 Å². The third-order valence-corrected chi connectivity index (χ3v) is 3.59. The fourth-order valence-corrected chi connectivity index (χ4v) is 2.21. The van der Waals surface area contributed by atoms with Gasteiger partial charge in [0.2, 0.25) is 0 Å². The third-order valence-electron chi connectivity index (χ3n) is 3.59. The average molecular weight is 234 g/mol. The van der Waals surface area contributed by atoms with Gasteiger partial charge in [-0.2, -0.15) is 0 Å². The number of nitrogens with two attached hydrogens (primary N) is 1. The van der Waals surface area contributed by atoms with E-state index in [2.05, 4.69) is 25.3 Å². The molecule has 0 spiro atoms. The van der Waals surface area contributed by atoms with E-state index in [0.29, 0.717) is 5.41 Å². The first-order chi connectivity index (χ1) is 8.21. The highest BCUT2D eigenvalue weighted by atomic mass is 16.5. The summed E-state index contributed by atoms with van der Waals surface area (Å²) in [5, 5.41) is 0. The number of benzene rings is 1. The molecule has 1 aliphatic rings. The van der Waals surface area contributed by atoms with Crippen molar-refractivity contribution in [2.45, 2.75) is 39.2 Å². The average Bonchev–Trinajstić information content (AvgIpc) is 3.08. The third kappa shape index (κ3) is 2.61. The van der Waals surface area contributed by atoms with E-state index in [4.69, 9.17) is 10.6 Å². The van der Waals surface area contributed by atoms with E-state index in [0.717, 1.165) is 18.8 Å². The zero-order valence-electron chi connectivity index (χ0n) is 10.7. The Balaban J connectivity index is 2.23. The first-order valence-electron chi connectivity index (χ1n) is 6.39. The lowest BCUT2D eigenvalue weighted by molar-refractivity contribution is 0.297. The van der Waals surface area contributed by atoms with Gasteiger partial charge in [0.15, 0.2) is 0 Å². The maximum atomic E-state index is 5.80. The van der Waals surface area contributed by atoms with Gasteiger partial charge in [-0.05, 0) is 30.7 Å². The molecule has 0 bridgehead atoms. The number of hydrogen-bond donors (Lipinski definition) is 2. The molecular weight excluding hydrogens is 212 g/mol. The van der Waals surface area contributed by atoms with Crippen LogP contribution in [0.15, 0.2) is 24.3 Å². The largest absolute Gasteiger partial charge is 0.493 e. The Morgan fingerprint density at radius 1 is 1.41 bits per heavy atom. The Morgan fingerprint density at radius 2 is 2.12 bits per heavy atom. The van der Waals surface area contributed by atoms with Crippen LogP contribution in [-0.4, -0.2) is 6.61 Å². The number of hydrazine groups is 1. The highest BCUT2D eigenvalue weighted by Gasteiger charge is 2.46. The van der Waals surface area contributed by atoms with E-state index < -0.39 is 0 Å². The molecule has 0 aromatic heterocycles. The van der Waals surface area contributed by atoms with Crippen LogP contribution in [0.3, 0.4) is 0 Å². The lowest BCUT2D eigenvalue weighted by Gasteiger charge is -2.25. The summed E-state index contributed by atoms with van der Waals surface area (Å²) < 4.78 is 5.80. The summed E-state index contributed by atoms with van der Waals surface area (Å²) in [6.45, 7) is 5.14. The van der Waals surface area contributed by atoms with Crippen LogP contribution in [0.25, 0.3) is 0 Å². The zero-order chi connectivity index (χ0) is 12.3. The van der Waals surface area contributed by atoms with Crippen LogP contribution in [0.2, 0.25) is 0 Å². The Labute approximate surface area is 103 Å². The van der Waals surface area contributed by atoms with Crippen LogP contribution < -0.4 is 16.0 Å². The molecule has 1 unspecified atom stereocenters. The Bertz CT molecular complexity index is 374. The SMILES string of the molecule is CCCOc1ccccc1C(NN)C1(C)CC1. The lowest BCUT2D eigenvalue weighted by atomic mass is 9.92. The highest BCUT2D eigenvalue weighted by Crippen LogP contribution is 2.55. The van der Waals surface area contributed by atoms with Crippen molar-refractivity contribution in [3.8, 4) is 5.75 Å². The number of rotatable bonds is 6. The lowest BCUT2D eigenvalue weighted by Crippen LogP contribution is -2.33. The number of nitrogens with one attached hydrogen (secondary N) is 1.